The summed E-state index contributed by atoms with van der Waals surface area (Å²) >= 11 is 0. The number of rotatable bonds is 4. The molecule has 2 atom stereocenters. The second-order valence-electron chi connectivity index (χ2n) is 9.66. The van der Waals surface area contributed by atoms with E-state index in [2.05, 4.69) is 10.6 Å². The van der Waals surface area contributed by atoms with E-state index >= 15 is 0 Å². The molecule has 0 aromatic heterocycles. The molecule has 5 rings (SSSR count). The van der Waals surface area contributed by atoms with Gasteiger partial charge in [-0.05, 0) is 48.2 Å². The molecule has 1 fully saturated rings. The third-order valence-corrected chi connectivity index (χ3v) is 8.19. The minimum Gasteiger partial charge on any atom is -0.341 e. The Morgan fingerprint density at radius 2 is 1.82 bits per heavy atom. The first-order valence-electron chi connectivity index (χ1n) is 12.2. The first-order chi connectivity index (χ1) is 18.3. The smallest absolute Gasteiger partial charge is 0.341 e. The van der Waals surface area contributed by atoms with E-state index in [1.807, 2.05) is 0 Å². The third kappa shape index (κ3) is 4.80. The van der Waals surface area contributed by atoms with Crippen LogP contribution in [-0.2, 0) is 20.8 Å². The molecular weight excluding hydrogens is 537 g/mol. The lowest BCUT2D eigenvalue weighted by Gasteiger charge is -2.44. The fourth-order valence-corrected chi connectivity index (χ4v) is 6.13. The minimum absolute atomic E-state index is 0.00376. The highest BCUT2D eigenvalue weighted by Gasteiger charge is 2.48. The summed E-state index contributed by atoms with van der Waals surface area (Å²) in [4.78, 5) is 42.1. The van der Waals surface area contributed by atoms with Crippen LogP contribution in [0.1, 0.15) is 48.0 Å². The number of ketones is 1. The number of carbonyl (C=O) groups is 3. The van der Waals surface area contributed by atoms with E-state index in [1.54, 1.807) is 6.07 Å². The van der Waals surface area contributed by atoms with Crippen LogP contribution in [0, 0.1) is 0 Å². The van der Waals surface area contributed by atoms with Crippen molar-refractivity contribution in [3.8, 4) is 0 Å². The number of anilines is 1. The van der Waals surface area contributed by atoms with Crippen molar-refractivity contribution in [3.63, 3.8) is 0 Å². The molecule has 13 heteroatoms. The zero-order chi connectivity index (χ0) is 28.3. The summed E-state index contributed by atoms with van der Waals surface area (Å²) in [6.45, 7) is 0.661. The van der Waals surface area contributed by atoms with Gasteiger partial charge in [-0.2, -0.15) is 13.2 Å². The molecule has 2 N–H and O–H groups in total. The average molecular weight is 563 g/mol. The second kappa shape index (κ2) is 9.49. The van der Waals surface area contributed by atoms with Gasteiger partial charge in [0.2, 0.25) is 0 Å². The SMILES string of the molecule is CNC(=O)N1C(=O)N(c2cccc(C(F)(F)F)c2)C2=C(C(=O)CCC2)[C@H]1c1ccc(C2CN2)cc1S(C)(=O)=O. The summed E-state index contributed by atoms with van der Waals surface area (Å²) in [6.07, 6.45) is -3.13. The number of hydrogen-bond acceptors (Lipinski definition) is 6. The van der Waals surface area contributed by atoms with Gasteiger partial charge >= 0.3 is 18.2 Å². The van der Waals surface area contributed by atoms with E-state index in [1.165, 1.54) is 25.2 Å². The number of carbonyl (C=O) groups excluding carboxylic acids is 3. The molecule has 0 saturated carbocycles. The Morgan fingerprint density at radius 3 is 2.44 bits per heavy atom. The highest BCUT2D eigenvalue weighted by atomic mass is 32.2. The Hall–Kier alpha value is -3.71. The molecule has 206 valence electrons. The number of halogens is 3. The van der Waals surface area contributed by atoms with Crippen LogP contribution in [0.15, 0.2) is 58.6 Å². The van der Waals surface area contributed by atoms with E-state index < -0.39 is 45.5 Å². The van der Waals surface area contributed by atoms with E-state index in [4.69, 9.17) is 0 Å². The van der Waals surface area contributed by atoms with Crippen molar-refractivity contribution in [2.75, 3.05) is 24.7 Å². The van der Waals surface area contributed by atoms with E-state index in [-0.39, 0.29) is 46.3 Å². The summed E-state index contributed by atoms with van der Waals surface area (Å²) < 4.78 is 66.4. The molecule has 2 aromatic rings. The standard InChI is InChI=1S/C26H25F3N4O5S/c1-30-24(35)33-23(17-10-9-14(18-13-31-18)11-21(17)39(2,37)38)22-19(7-4-8-20(22)34)32(25(33)36)16-6-3-5-15(12-16)26(27,28)29/h3,5-6,9-12,18,23,31H,4,7-8,13H2,1-2H3,(H,30,35)/t18?,23-/m1/s1. The van der Waals surface area contributed by atoms with Crippen LogP contribution < -0.4 is 15.5 Å². The molecular formula is C26H25F3N4O5S. The first kappa shape index (κ1) is 26.9. The van der Waals surface area contributed by atoms with Gasteiger partial charge in [0, 0.05) is 43.6 Å². The number of Topliss-reactive ketones (excluding diaryl/α,β-unsaturated/α-hetero) is 1. The van der Waals surface area contributed by atoms with Gasteiger partial charge in [-0.15, -0.1) is 0 Å². The zero-order valence-electron chi connectivity index (χ0n) is 21.0. The molecule has 2 heterocycles. The molecule has 39 heavy (non-hydrogen) atoms. The third-order valence-electron chi connectivity index (χ3n) is 7.03. The Balaban J connectivity index is 1.78. The summed E-state index contributed by atoms with van der Waals surface area (Å²) in [5.41, 5.74) is -0.262. The molecule has 9 nitrogen and oxygen atoms in total. The van der Waals surface area contributed by atoms with Gasteiger partial charge in [0.1, 0.15) is 6.04 Å². The quantitative estimate of drug-likeness (QED) is 0.541. The van der Waals surface area contributed by atoms with Crippen molar-refractivity contribution in [2.45, 2.75) is 42.4 Å². The van der Waals surface area contributed by atoms with Crippen LogP contribution in [0.25, 0.3) is 0 Å². The molecule has 1 unspecified atom stereocenters. The number of sulfone groups is 1. The fraction of sp³-hybridized carbons (Fsp3) is 0.346. The van der Waals surface area contributed by atoms with Crippen molar-refractivity contribution in [3.05, 3.63) is 70.4 Å². The number of amides is 4. The van der Waals surface area contributed by atoms with Crippen LogP contribution in [0.4, 0.5) is 28.4 Å². The fourth-order valence-electron chi connectivity index (χ4n) is 5.17. The number of urea groups is 2. The average Bonchev–Trinajstić information content (AvgIpc) is 3.72. The highest BCUT2D eigenvalue weighted by molar-refractivity contribution is 7.90. The predicted molar refractivity (Wildman–Crippen MR) is 135 cm³/mol. The molecule has 0 radical (unpaired) electrons. The van der Waals surface area contributed by atoms with Gasteiger partial charge in [0.25, 0.3) is 0 Å². The van der Waals surface area contributed by atoms with Gasteiger partial charge in [0.15, 0.2) is 15.6 Å². The minimum atomic E-state index is -4.69. The van der Waals surface area contributed by atoms with Gasteiger partial charge in [-0.1, -0.05) is 18.2 Å². The number of nitrogens with zero attached hydrogens (tertiary/aromatic N) is 2. The maximum Gasteiger partial charge on any atom is 0.416 e. The van der Waals surface area contributed by atoms with Crippen molar-refractivity contribution in [1.82, 2.24) is 15.5 Å². The van der Waals surface area contributed by atoms with Crippen LogP contribution in [0.5, 0.6) is 0 Å². The van der Waals surface area contributed by atoms with E-state index in [0.29, 0.717) is 23.4 Å². The number of imide groups is 1. The topological polar surface area (TPSA) is 126 Å². The Labute approximate surface area is 222 Å². The zero-order valence-corrected chi connectivity index (χ0v) is 21.8. The van der Waals surface area contributed by atoms with Gasteiger partial charge < -0.3 is 10.6 Å². The number of alkyl halides is 3. The largest absolute Gasteiger partial charge is 0.416 e. The second-order valence-corrected chi connectivity index (χ2v) is 11.6. The summed E-state index contributed by atoms with van der Waals surface area (Å²) in [5, 5.41) is 5.44. The van der Waals surface area contributed by atoms with Crippen molar-refractivity contribution >= 4 is 33.4 Å². The molecule has 1 saturated heterocycles. The van der Waals surface area contributed by atoms with Crippen LogP contribution >= 0.6 is 0 Å². The Morgan fingerprint density at radius 1 is 1.10 bits per heavy atom. The van der Waals surface area contributed by atoms with Crippen molar-refractivity contribution in [1.29, 1.82) is 0 Å². The van der Waals surface area contributed by atoms with Crippen LogP contribution in [-0.4, -0.2) is 51.0 Å². The van der Waals surface area contributed by atoms with Crippen LogP contribution in [0.3, 0.4) is 0 Å². The maximum absolute atomic E-state index is 14.0. The molecule has 2 aromatic carbocycles. The summed E-state index contributed by atoms with van der Waals surface area (Å²) in [5.74, 6) is -0.424. The van der Waals surface area contributed by atoms with Gasteiger partial charge in [-0.3, -0.25) is 9.69 Å². The first-order valence-corrected chi connectivity index (χ1v) is 14.1. The molecule has 4 amide bonds. The molecule has 3 aliphatic rings. The Kier molecular flexibility index (Phi) is 6.54. The maximum atomic E-state index is 14.0. The van der Waals surface area contributed by atoms with E-state index in [9.17, 15) is 36.0 Å². The van der Waals surface area contributed by atoms with Gasteiger partial charge in [0.05, 0.1) is 16.1 Å². The summed E-state index contributed by atoms with van der Waals surface area (Å²) in [7, 11) is -2.64. The number of nitrogens with one attached hydrogen (secondary N) is 2. The van der Waals surface area contributed by atoms with Crippen molar-refractivity contribution in [2.24, 2.45) is 0 Å². The predicted octanol–water partition coefficient (Wildman–Crippen LogP) is 4.08. The lowest BCUT2D eigenvalue weighted by molar-refractivity contribution is -0.137. The van der Waals surface area contributed by atoms with Gasteiger partial charge in [-0.25, -0.2) is 22.9 Å². The highest BCUT2D eigenvalue weighted by Crippen LogP contribution is 2.46. The van der Waals surface area contributed by atoms with Crippen molar-refractivity contribution < 1.29 is 36.0 Å². The van der Waals surface area contributed by atoms with Crippen LogP contribution in [0.2, 0.25) is 0 Å². The number of hydrogen-bond donors (Lipinski definition) is 2. The normalized spacial score (nSPS) is 21.7. The van der Waals surface area contributed by atoms with E-state index in [0.717, 1.165) is 29.4 Å². The number of benzene rings is 2. The lowest BCUT2D eigenvalue weighted by Crippen LogP contribution is -2.56. The summed E-state index contributed by atoms with van der Waals surface area (Å²) in [6, 6.07) is 5.32. The molecule has 1 aliphatic carbocycles. The molecule has 0 bridgehead atoms. The molecule has 0 spiro atoms. The Bertz CT molecular complexity index is 1530. The number of allylic oxidation sites excluding steroid dienone is 1. The monoisotopic (exact) mass is 562 g/mol. The molecule has 2 aliphatic heterocycles. The lowest BCUT2D eigenvalue weighted by atomic mass is 9.83.